The number of rotatable bonds is 4. The van der Waals surface area contributed by atoms with Crippen molar-refractivity contribution in [3.63, 3.8) is 0 Å². The first-order valence-electron chi connectivity index (χ1n) is 5.96. The van der Waals surface area contributed by atoms with Gasteiger partial charge in [0.15, 0.2) is 5.78 Å². The van der Waals surface area contributed by atoms with Gasteiger partial charge in [-0.05, 0) is 19.9 Å². The maximum Gasteiger partial charge on any atom is 0.355 e. The zero-order valence-electron chi connectivity index (χ0n) is 11.1. The number of ether oxygens (including phenoxy) is 2. The molecule has 1 aromatic carbocycles. The second-order valence-electron chi connectivity index (χ2n) is 4.03. The van der Waals surface area contributed by atoms with Crippen LogP contribution in [0, 0.1) is 0 Å². The molecule has 0 unspecified atom stereocenters. The molecule has 19 heavy (non-hydrogen) atoms. The summed E-state index contributed by atoms with van der Waals surface area (Å²) in [5, 5.41) is 0.662. The first kappa shape index (κ1) is 13.1. The van der Waals surface area contributed by atoms with Crippen LogP contribution in [-0.2, 0) is 4.74 Å². The molecule has 0 fully saturated rings. The number of H-pyrrole nitrogens is 1. The second-order valence-corrected chi connectivity index (χ2v) is 4.03. The molecule has 1 heterocycles. The number of carbonyl (C=O) groups excluding carboxylic acids is 2. The molecule has 0 amide bonds. The van der Waals surface area contributed by atoms with Crippen molar-refractivity contribution in [3.8, 4) is 5.75 Å². The first-order chi connectivity index (χ1) is 9.10. The van der Waals surface area contributed by atoms with Crippen LogP contribution in [-0.4, -0.2) is 30.5 Å². The highest BCUT2D eigenvalue weighted by Crippen LogP contribution is 2.30. The van der Waals surface area contributed by atoms with E-state index < -0.39 is 5.97 Å². The highest BCUT2D eigenvalue weighted by molar-refractivity contribution is 6.15. The number of aromatic amines is 1. The summed E-state index contributed by atoms with van der Waals surface area (Å²) in [5.41, 5.74) is 1.14. The molecule has 0 aliphatic carbocycles. The Labute approximate surface area is 110 Å². The number of benzene rings is 1. The fourth-order valence-corrected chi connectivity index (χ4v) is 2.08. The van der Waals surface area contributed by atoms with Crippen LogP contribution in [0.4, 0.5) is 0 Å². The molecule has 0 aliphatic rings. The zero-order chi connectivity index (χ0) is 14.0. The molecule has 0 spiro atoms. The molecule has 5 nitrogen and oxygen atoms in total. The van der Waals surface area contributed by atoms with Crippen molar-refractivity contribution in [2.45, 2.75) is 13.8 Å². The molecule has 100 valence electrons. The van der Waals surface area contributed by atoms with Gasteiger partial charge >= 0.3 is 5.97 Å². The Morgan fingerprint density at radius 3 is 2.63 bits per heavy atom. The van der Waals surface area contributed by atoms with Gasteiger partial charge < -0.3 is 14.5 Å². The van der Waals surface area contributed by atoms with E-state index in [9.17, 15) is 9.59 Å². The van der Waals surface area contributed by atoms with E-state index in [4.69, 9.17) is 9.47 Å². The van der Waals surface area contributed by atoms with E-state index in [1.807, 2.05) is 0 Å². The van der Waals surface area contributed by atoms with Crippen molar-refractivity contribution in [3.05, 3.63) is 29.5 Å². The Morgan fingerprint density at radius 2 is 2.05 bits per heavy atom. The van der Waals surface area contributed by atoms with Crippen molar-refractivity contribution in [1.29, 1.82) is 0 Å². The monoisotopic (exact) mass is 261 g/mol. The molecule has 1 N–H and O–H groups in total. The fourth-order valence-electron chi connectivity index (χ4n) is 2.08. The van der Waals surface area contributed by atoms with Crippen LogP contribution in [0.5, 0.6) is 5.75 Å². The molecule has 1 aromatic heterocycles. The van der Waals surface area contributed by atoms with Gasteiger partial charge in [0.05, 0.1) is 24.8 Å². The van der Waals surface area contributed by atoms with Gasteiger partial charge in [-0.1, -0.05) is 12.1 Å². The summed E-state index contributed by atoms with van der Waals surface area (Å²) in [5.74, 6) is -0.149. The lowest BCUT2D eigenvalue weighted by Gasteiger charge is -2.01. The fraction of sp³-hybridized carbons (Fsp3) is 0.286. The Hall–Kier alpha value is -2.30. The Kier molecular flexibility index (Phi) is 3.55. The lowest BCUT2D eigenvalue weighted by molar-refractivity contribution is 0.0517. The minimum Gasteiger partial charge on any atom is -0.495 e. The summed E-state index contributed by atoms with van der Waals surface area (Å²) in [7, 11) is 1.53. The predicted octanol–water partition coefficient (Wildman–Crippen LogP) is 2.56. The van der Waals surface area contributed by atoms with Crippen LogP contribution in [0.3, 0.4) is 0 Å². The van der Waals surface area contributed by atoms with Gasteiger partial charge in [0.1, 0.15) is 11.4 Å². The average molecular weight is 261 g/mol. The van der Waals surface area contributed by atoms with Crippen LogP contribution in [0.1, 0.15) is 34.7 Å². The minimum atomic E-state index is -0.536. The first-order valence-corrected chi connectivity index (χ1v) is 5.96. The smallest absolute Gasteiger partial charge is 0.355 e. The minimum absolute atomic E-state index is 0.175. The van der Waals surface area contributed by atoms with Gasteiger partial charge in [-0.2, -0.15) is 0 Å². The van der Waals surface area contributed by atoms with Crippen LogP contribution < -0.4 is 4.74 Å². The average Bonchev–Trinajstić information content (AvgIpc) is 2.78. The largest absolute Gasteiger partial charge is 0.495 e. The summed E-state index contributed by atoms with van der Waals surface area (Å²) in [6.45, 7) is 3.39. The molecule has 2 aromatic rings. The maximum atomic E-state index is 11.9. The number of nitrogens with one attached hydrogen (secondary N) is 1. The van der Waals surface area contributed by atoms with Crippen molar-refractivity contribution in [2.75, 3.05) is 13.7 Å². The molecule has 0 atom stereocenters. The van der Waals surface area contributed by atoms with E-state index in [1.165, 1.54) is 14.0 Å². The quantitative estimate of drug-likeness (QED) is 0.678. The third kappa shape index (κ3) is 2.19. The highest BCUT2D eigenvalue weighted by atomic mass is 16.5. The van der Waals surface area contributed by atoms with E-state index in [0.717, 1.165) is 0 Å². The van der Waals surface area contributed by atoms with Gasteiger partial charge in [-0.15, -0.1) is 0 Å². The van der Waals surface area contributed by atoms with Gasteiger partial charge in [0, 0.05) is 5.39 Å². The van der Waals surface area contributed by atoms with Crippen molar-refractivity contribution in [2.24, 2.45) is 0 Å². The number of aromatic nitrogens is 1. The van der Waals surface area contributed by atoms with E-state index >= 15 is 0 Å². The SMILES string of the molecule is CCOC(=O)c1[nH]c2c(OC)cccc2c1C(C)=O. The normalized spacial score (nSPS) is 10.5. The van der Waals surface area contributed by atoms with E-state index in [-0.39, 0.29) is 18.1 Å². The number of hydrogen-bond donors (Lipinski definition) is 1. The number of para-hydroxylation sites is 1. The maximum absolute atomic E-state index is 11.9. The molecule has 0 saturated heterocycles. The zero-order valence-corrected chi connectivity index (χ0v) is 11.1. The lowest BCUT2D eigenvalue weighted by atomic mass is 10.1. The highest BCUT2D eigenvalue weighted by Gasteiger charge is 2.23. The molecule has 0 radical (unpaired) electrons. The number of esters is 1. The number of fused-ring (bicyclic) bond motifs is 1. The summed E-state index contributed by atoms with van der Waals surface area (Å²) in [6.07, 6.45) is 0. The van der Waals surface area contributed by atoms with Crippen LogP contribution in [0.2, 0.25) is 0 Å². The lowest BCUT2D eigenvalue weighted by Crippen LogP contribution is -2.09. The Bertz CT molecular complexity index is 642. The van der Waals surface area contributed by atoms with Gasteiger partial charge in [0.2, 0.25) is 0 Å². The summed E-state index contributed by atoms with van der Waals surface area (Å²) >= 11 is 0. The molecule has 0 bridgehead atoms. The second kappa shape index (κ2) is 5.14. The van der Waals surface area contributed by atoms with Crippen LogP contribution in [0.15, 0.2) is 18.2 Å². The number of hydrogen-bond acceptors (Lipinski definition) is 4. The standard InChI is InChI=1S/C14H15NO4/c1-4-19-14(17)13-11(8(2)16)9-6-5-7-10(18-3)12(9)15-13/h5-7,15H,4H2,1-3H3. The summed E-state index contributed by atoms with van der Waals surface area (Å²) in [6, 6.07) is 5.31. The topological polar surface area (TPSA) is 68.4 Å². The van der Waals surface area contributed by atoms with Crippen molar-refractivity contribution < 1.29 is 19.1 Å². The van der Waals surface area contributed by atoms with Crippen molar-refractivity contribution in [1.82, 2.24) is 4.98 Å². The van der Waals surface area contributed by atoms with Crippen LogP contribution in [0.25, 0.3) is 10.9 Å². The van der Waals surface area contributed by atoms with E-state index in [2.05, 4.69) is 4.98 Å². The third-order valence-electron chi connectivity index (χ3n) is 2.85. The Morgan fingerprint density at radius 1 is 1.32 bits per heavy atom. The molecule has 0 saturated carbocycles. The molecule has 5 heteroatoms. The number of carbonyl (C=O) groups is 2. The third-order valence-corrected chi connectivity index (χ3v) is 2.85. The summed E-state index contributed by atoms with van der Waals surface area (Å²) < 4.78 is 10.2. The van der Waals surface area contributed by atoms with Gasteiger partial charge in [-0.3, -0.25) is 4.79 Å². The van der Waals surface area contributed by atoms with E-state index in [0.29, 0.717) is 22.2 Å². The molecule has 0 aliphatic heterocycles. The summed E-state index contributed by atoms with van der Waals surface area (Å²) in [4.78, 5) is 26.6. The predicted molar refractivity (Wildman–Crippen MR) is 70.8 cm³/mol. The molecular weight excluding hydrogens is 246 g/mol. The number of Topliss-reactive ketones (excluding diaryl/α,β-unsaturated/α-hetero) is 1. The molecule has 2 rings (SSSR count). The number of methoxy groups -OCH3 is 1. The number of ketones is 1. The van der Waals surface area contributed by atoms with Gasteiger partial charge in [-0.25, -0.2) is 4.79 Å². The van der Waals surface area contributed by atoms with Crippen molar-refractivity contribution >= 4 is 22.7 Å². The van der Waals surface area contributed by atoms with Crippen LogP contribution >= 0.6 is 0 Å². The Balaban J connectivity index is 2.73. The van der Waals surface area contributed by atoms with E-state index in [1.54, 1.807) is 25.1 Å². The van der Waals surface area contributed by atoms with Gasteiger partial charge in [0.25, 0.3) is 0 Å². The molecular formula is C14H15NO4.